The summed E-state index contributed by atoms with van der Waals surface area (Å²) in [6.45, 7) is 0.304. The molecule has 0 bridgehead atoms. The van der Waals surface area contributed by atoms with Crippen LogP contribution in [-0.2, 0) is 4.74 Å². The lowest BCUT2D eigenvalue weighted by atomic mass is 10.1. The van der Waals surface area contributed by atoms with Crippen LogP contribution in [0.5, 0.6) is 0 Å². The van der Waals surface area contributed by atoms with E-state index in [0.717, 1.165) is 4.47 Å². The van der Waals surface area contributed by atoms with E-state index in [1.807, 2.05) is 0 Å². The Morgan fingerprint density at radius 3 is 2.94 bits per heavy atom. The summed E-state index contributed by atoms with van der Waals surface area (Å²) < 4.78 is 5.56. The van der Waals surface area contributed by atoms with E-state index in [2.05, 4.69) is 21.2 Å². The second-order valence-electron chi connectivity index (χ2n) is 3.55. The second-order valence-corrected chi connectivity index (χ2v) is 4.47. The number of carbonyl (C=O) groups is 1. The van der Waals surface area contributed by atoms with Gasteiger partial charge >= 0.3 is 0 Å². The zero-order chi connectivity index (χ0) is 12.8. The second kappa shape index (κ2) is 6.58. The van der Waals surface area contributed by atoms with Crippen molar-refractivity contribution < 1.29 is 14.6 Å². The Balaban J connectivity index is 2.58. The first-order valence-corrected chi connectivity index (χ1v) is 5.84. The topological polar surface area (TPSA) is 84.6 Å². The van der Waals surface area contributed by atoms with Crippen molar-refractivity contribution in [3.63, 3.8) is 0 Å². The lowest BCUT2D eigenvalue weighted by Crippen LogP contribution is -2.34. The van der Waals surface area contributed by atoms with E-state index in [4.69, 9.17) is 10.5 Å². The number of methoxy groups -OCH3 is 1. The minimum absolute atomic E-state index is 0.127. The minimum atomic E-state index is -0.722. The molecule has 0 heterocycles. The van der Waals surface area contributed by atoms with E-state index >= 15 is 0 Å². The molecule has 0 aliphatic carbocycles. The van der Waals surface area contributed by atoms with Crippen LogP contribution < -0.4 is 11.1 Å². The van der Waals surface area contributed by atoms with E-state index in [0.29, 0.717) is 11.3 Å². The summed E-state index contributed by atoms with van der Waals surface area (Å²) in [7, 11) is 1.48. The highest BCUT2D eigenvalue weighted by Crippen LogP contribution is 2.18. The molecule has 0 spiro atoms. The van der Waals surface area contributed by atoms with Gasteiger partial charge in [-0.05, 0) is 18.2 Å². The molecule has 0 aliphatic rings. The molecule has 4 N–H and O–H groups in total. The van der Waals surface area contributed by atoms with Crippen molar-refractivity contribution in [1.29, 1.82) is 0 Å². The van der Waals surface area contributed by atoms with Gasteiger partial charge in [-0.3, -0.25) is 4.79 Å². The normalized spacial score (nSPS) is 12.2. The molecule has 17 heavy (non-hydrogen) atoms. The monoisotopic (exact) mass is 302 g/mol. The molecule has 5 nitrogen and oxygen atoms in total. The van der Waals surface area contributed by atoms with Crippen LogP contribution in [0.15, 0.2) is 22.7 Å². The first-order chi connectivity index (χ1) is 8.04. The predicted molar refractivity (Wildman–Crippen MR) is 68.8 cm³/mol. The van der Waals surface area contributed by atoms with Crippen molar-refractivity contribution in [2.45, 2.75) is 6.10 Å². The van der Waals surface area contributed by atoms with Gasteiger partial charge in [-0.25, -0.2) is 0 Å². The van der Waals surface area contributed by atoms with Gasteiger partial charge in [-0.15, -0.1) is 0 Å². The Morgan fingerprint density at radius 1 is 1.65 bits per heavy atom. The van der Waals surface area contributed by atoms with Gasteiger partial charge in [0, 0.05) is 23.8 Å². The largest absolute Gasteiger partial charge is 0.398 e. The number of aliphatic hydroxyl groups is 1. The first kappa shape index (κ1) is 14.0. The van der Waals surface area contributed by atoms with Gasteiger partial charge in [0.2, 0.25) is 0 Å². The van der Waals surface area contributed by atoms with Crippen molar-refractivity contribution >= 4 is 27.5 Å². The van der Waals surface area contributed by atoms with E-state index < -0.39 is 6.10 Å². The minimum Gasteiger partial charge on any atom is -0.398 e. The number of nitrogens with one attached hydrogen (secondary N) is 1. The molecular formula is C11H15BrN2O3. The molecule has 94 valence electrons. The summed E-state index contributed by atoms with van der Waals surface area (Å²) in [4.78, 5) is 11.7. The van der Waals surface area contributed by atoms with Gasteiger partial charge in [-0.1, -0.05) is 15.9 Å². The highest BCUT2D eigenvalue weighted by Gasteiger charge is 2.11. The fourth-order valence-electron chi connectivity index (χ4n) is 1.30. The van der Waals surface area contributed by atoms with Gasteiger partial charge in [0.25, 0.3) is 5.91 Å². The number of carbonyl (C=O) groups excluding carboxylic acids is 1. The maximum atomic E-state index is 11.7. The molecule has 1 unspecified atom stereocenters. The van der Waals surface area contributed by atoms with Crippen molar-refractivity contribution in [1.82, 2.24) is 5.32 Å². The third-order valence-electron chi connectivity index (χ3n) is 2.12. The van der Waals surface area contributed by atoms with Crippen LogP contribution in [0.1, 0.15) is 10.4 Å². The fraction of sp³-hybridized carbons (Fsp3) is 0.364. The number of ether oxygens (including phenoxy) is 1. The van der Waals surface area contributed by atoms with Crippen molar-refractivity contribution in [3.8, 4) is 0 Å². The molecule has 0 fully saturated rings. The quantitative estimate of drug-likeness (QED) is 0.701. The average molecular weight is 303 g/mol. The summed E-state index contributed by atoms with van der Waals surface area (Å²) in [5.41, 5.74) is 6.48. The third kappa shape index (κ3) is 4.33. The number of hydrogen-bond acceptors (Lipinski definition) is 4. The van der Waals surface area contributed by atoms with Crippen molar-refractivity contribution in [2.24, 2.45) is 0 Å². The molecule has 1 aromatic rings. The fourth-order valence-corrected chi connectivity index (χ4v) is 1.68. The van der Waals surface area contributed by atoms with Gasteiger partial charge in [0.15, 0.2) is 0 Å². The maximum absolute atomic E-state index is 11.7. The van der Waals surface area contributed by atoms with Gasteiger partial charge < -0.3 is 20.9 Å². The molecule has 1 amide bonds. The molecule has 0 aromatic heterocycles. The zero-order valence-electron chi connectivity index (χ0n) is 9.44. The molecule has 1 aromatic carbocycles. The molecule has 6 heteroatoms. The van der Waals surface area contributed by atoms with Crippen LogP contribution in [0.2, 0.25) is 0 Å². The number of anilines is 1. The molecular weight excluding hydrogens is 288 g/mol. The van der Waals surface area contributed by atoms with Gasteiger partial charge in [0.1, 0.15) is 0 Å². The number of rotatable bonds is 5. The number of hydrogen-bond donors (Lipinski definition) is 3. The van der Waals surface area contributed by atoms with Crippen LogP contribution in [0, 0.1) is 0 Å². The SMILES string of the molecule is COCC(O)CNC(=O)c1ccc(Br)cc1N. The number of aliphatic hydroxyl groups excluding tert-OH is 1. The maximum Gasteiger partial charge on any atom is 0.253 e. The summed E-state index contributed by atoms with van der Waals surface area (Å²) >= 11 is 3.26. The summed E-state index contributed by atoms with van der Waals surface area (Å²) in [5.74, 6) is -0.315. The molecule has 1 atom stereocenters. The zero-order valence-corrected chi connectivity index (χ0v) is 11.0. The number of amides is 1. The van der Waals surface area contributed by atoms with E-state index in [-0.39, 0.29) is 19.1 Å². The lowest BCUT2D eigenvalue weighted by Gasteiger charge is -2.11. The number of halogens is 1. The van der Waals surface area contributed by atoms with Crippen molar-refractivity contribution in [2.75, 3.05) is 26.0 Å². The molecule has 1 rings (SSSR count). The Morgan fingerprint density at radius 2 is 2.35 bits per heavy atom. The van der Waals surface area contributed by atoms with Crippen LogP contribution in [-0.4, -0.2) is 37.4 Å². The lowest BCUT2D eigenvalue weighted by molar-refractivity contribution is 0.0610. The van der Waals surface area contributed by atoms with E-state index in [1.165, 1.54) is 7.11 Å². The smallest absolute Gasteiger partial charge is 0.253 e. The summed E-state index contributed by atoms with van der Waals surface area (Å²) in [5, 5.41) is 12.0. The highest BCUT2D eigenvalue weighted by atomic mass is 79.9. The summed E-state index contributed by atoms with van der Waals surface area (Å²) in [6, 6.07) is 5.01. The Bertz CT molecular complexity index is 398. The first-order valence-electron chi connectivity index (χ1n) is 5.04. The number of nitrogen functional groups attached to an aromatic ring is 1. The summed E-state index contributed by atoms with van der Waals surface area (Å²) in [6.07, 6.45) is -0.722. The van der Waals surface area contributed by atoms with Crippen LogP contribution in [0.25, 0.3) is 0 Å². The van der Waals surface area contributed by atoms with Crippen molar-refractivity contribution in [3.05, 3.63) is 28.2 Å². The van der Waals surface area contributed by atoms with E-state index in [1.54, 1.807) is 18.2 Å². The Kier molecular flexibility index (Phi) is 5.40. The highest BCUT2D eigenvalue weighted by molar-refractivity contribution is 9.10. The Labute approximate surface area is 108 Å². The van der Waals surface area contributed by atoms with E-state index in [9.17, 15) is 9.90 Å². The molecule has 0 radical (unpaired) electrons. The average Bonchev–Trinajstić information content (AvgIpc) is 2.26. The van der Waals surface area contributed by atoms with Crippen LogP contribution >= 0.6 is 15.9 Å². The molecule has 0 saturated heterocycles. The van der Waals surface area contributed by atoms with Gasteiger partial charge in [-0.2, -0.15) is 0 Å². The number of nitrogens with two attached hydrogens (primary N) is 1. The Hall–Kier alpha value is -1.11. The number of benzene rings is 1. The molecule has 0 aliphatic heterocycles. The third-order valence-corrected chi connectivity index (χ3v) is 2.61. The van der Waals surface area contributed by atoms with Gasteiger partial charge in [0.05, 0.1) is 18.3 Å². The molecule has 0 saturated carbocycles. The van der Waals surface area contributed by atoms with Crippen LogP contribution in [0.4, 0.5) is 5.69 Å². The standard InChI is InChI=1S/C11H15BrN2O3/c1-17-6-8(15)5-14-11(16)9-3-2-7(12)4-10(9)13/h2-4,8,15H,5-6,13H2,1H3,(H,14,16). The van der Waals surface area contributed by atoms with Crippen LogP contribution in [0.3, 0.4) is 0 Å². The predicted octanol–water partition coefficient (Wildman–Crippen LogP) is 0.768.